The largest absolute Gasteiger partial charge is 0.479 e. The fraction of sp³-hybridized carbons (Fsp3) is 0.533. The van der Waals surface area contributed by atoms with Gasteiger partial charge in [-0.3, -0.25) is 0 Å². The molecule has 1 aromatic carbocycles. The van der Waals surface area contributed by atoms with Gasteiger partial charge in [0.05, 0.1) is 6.61 Å². The maximum Gasteiger partial charge on any atom is 0.347 e. The monoisotopic (exact) mass is 263 g/mol. The van der Waals surface area contributed by atoms with Crippen LogP contribution in [0.1, 0.15) is 25.3 Å². The lowest BCUT2D eigenvalue weighted by atomic mass is 10.1. The highest BCUT2D eigenvalue weighted by Crippen LogP contribution is 2.19. The summed E-state index contributed by atoms with van der Waals surface area (Å²) in [6.45, 7) is 2.63. The molecule has 1 fully saturated rings. The summed E-state index contributed by atoms with van der Waals surface area (Å²) in [6.07, 6.45) is 2.34. The van der Waals surface area contributed by atoms with E-state index >= 15 is 0 Å². The Morgan fingerprint density at radius 2 is 2.16 bits per heavy atom. The molecular weight excluding hydrogens is 242 g/mol. The van der Waals surface area contributed by atoms with E-state index in [1.165, 1.54) is 5.56 Å². The SMILES string of the molecule is CNC(C)CCc1ccc(OC2CCOC2=O)cc1. The smallest absolute Gasteiger partial charge is 0.347 e. The zero-order chi connectivity index (χ0) is 13.7. The molecule has 0 bridgehead atoms. The third kappa shape index (κ3) is 3.96. The van der Waals surface area contributed by atoms with Gasteiger partial charge in [-0.2, -0.15) is 0 Å². The third-order valence-corrected chi connectivity index (χ3v) is 3.45. The predicted molar refractivity (Wildman–Crippen MR) is 73.3 cm³/mol. The van der Waals surface area contributed by atoms with E-state index in [1.54, 1.807) is 0 Å². The van der Waals surface area contributed by atoms with Gasteiger partial charge in [0.1, 0.15) is 5.75 Å². The molecule has 104 valence electrons. The summed E-state index contributed by atoms with van der Waals surface area (Å²) in [6, 6.07) is 8.47. The van der Waals surface area contributed by atoms with Gasteiger partial charge >= 0.3 is 5.97 Å². The van der Waals surface area contributed by atoms with Crippen LogP contribution < -0.4 is 10.1 Å². The highest BCUT2D eigenvalue weighted by molar-refractivity contribution is 5.76. The molecule has 0 aromatic heterocycles. The Bertz CT molecular complexity index is 416. The van der Waals surface area contributed by atoms with Crippen molar-refractivity contribution in [2.24, 2.45) is 0 Å². The summed E-state index contributed by atoms with van der Waals surface area (Å²) in [4.78, 5) is 11.3. The van der Waals surface area contributed by atoms with Crippen LogP contribution in [0.4, 0.5) is 0 Å². The van der Waals surface area contributed by atoms with Crippen molar-refractivity contribution in [3.05, 3.63) is 29.8 Å². The quantitative estimate of drug-likeness (QED) is 0.797. The molecule has 0 saturated carbocycles. The van der Waals surface area contributed by atoms with Gasteiger partial charge in [-0.15, -0.1) is 0 Å². The van der Waals surface area contributed by atoms with Crippen molar-refractivity contribution < 1.29 is 14.3 Å². The highest BCUT2D eigenvalue weighted by Gasteiger charge is 2.28. The lowest BCUT2D eigenvalue weighted by Gasteiger charge is -2.12. The lowest BCUT2D eigenvalue weighted by Crippen LogP contribution is -2.22. The molecule has 1 aromatic rings. The minimum Gasteiger partial charge on any atom is -0.479 e. The second-order valence-corrected chi connectivity index (χ2v) is 4.94. The van der Waals surface area contributed by atoms with E-state index < -0.39 is 6.10 Å². The number of aryl methyl sites for hydroxylation is 1. The first-order valence-corrected chi connectivity index (χ1v) is 6.78. The van der Waals surface area contributed by atoms with E-state index in [0.717, 1.165) is 18.6 Å². The number of carbonyl (C=O) groups is 1. The van der Waals surface area contributed by atoms with Crippen LogP contribution in [0.5, 0.6) is 5.75 Å². The number of nitrogens with one attached hydrogen (secondary N) is 1. The third-order valence-electron chi connectivity index (χ3n) is 3.45. The van der Waals surface area contributed by atoms with Crippen molar-refractivity contribution in [2.75, 3.05) is 13.7 Å². The minimum absolute atomic E-state index is 0.257. The van der Waals surface area contributed by atoms with E-state index in [4.69, 9.17) is 9.47 Å². The summed E-state index contributed by atoms with van der Waals surface area (Å²) < 4.78 is 10.5. The number of rotatable bonds is 6. The Labute approximate surface area is 114 Å². The van der Waals surface area contributed by atoms with Gasteiger partial charge in [0.2, 0.25) is 0 Å². The molecule has 1 aliphatic rings. The van der Waals surface area contributed by atoms with E-state index in [2.05, 4.69) is 24.4 Å². The summed E-state index contributed by atoms with van der Waals surface area (Å²) in [5, 5.41) is 3.22. The van der Waals surface area contributed by atoms with Crippen LogP contribution in [-0.4, -0.2) is 31.8 Å². The Hall–Kier alpha value is -1.55. The molecule has 4 nitrogen and oxygen atoms in total. The molecule has 2 rings (SSSR count). The Kier molecular flexibility index (Phi) is 4.80. The number of benzene rings is 1. The van der Waals surface area contributed by atoms with Crippen LogP contribution in [0.3, 0.4) is 0 Å². The predicted octanol–water partition coefficient (Wildman–Crippen LogP) is 1.92. The average molecular weight is 263 g/mol. The molecule has 1 aliphatic heterocycles. The van der Waals surface area contributed by atoms with Gasteiger partial charge in [-0.25, -0.2) is 4.79 Å². The fourth-order valence-corrected chi connectivity index (χ4v) is 2.01. The maximum atomic E-state index is 11.3. The second kappa shape index (κ2) is 6.57. The van der Waals surface area contributed by atoms with Crippen molar-refractivity contribution in [1.29, 1.82) is 0 Å². The van der Waals surface area contributed by atoms with E-state index in [0.29, 0.717) is 19.1 Å². The Morgan fingerprint density at radius 3 is 2.74 bits per heavy atom. The number of hydrogen-bond acceptors (Lipinski definition) is 4. The molecule has 2 unspecified atom stereocenters. The van der Waals surface area contributed by atoms with Gasteiger partial charge in [0, 0.05) is 12.5 Å². The van der Waals surface area contributed by atoms with Crippen LogP contribution in [0.2, 0.25) is 0 Å². The molecule has 0 spiro atoms. The van der Waals surface area contributed by atoms with Crippen molar-refractivity contribution in [2.45, 2.75) is 38.3 Å². The molecular formula is C15H21NO3. The Morgan fingerprint density at radius 1 is 1.42 bits per heavy atom. The standard InChI is InChI=1S/C15H21NO3/c1-11(16-2)3-4-12-5-7-13(8-6-12)19-14-9-10-18-15(14)17/h5-8,11,14,16H,3-4,9-10H2,1-2H3. The van der Waals surface area contributed by atoms with Gasteiger partial charge in [-0.1, -0.05) is 12.1 Å². The number of ether oxygens (including phenoxy) is 2. The first-order chi connectivity index (χ1) is 9.19. The van der Waals surface area contributed by atoms with Gasteiger partial charge in [0.15, 0.2) is 6.10 Å². The topological polar surface area (TPSA) is 47.6 Å². The normalized spacial score (nSPS) is 20.1. The van der Waals surface area contributed by atoms with Crippen molar-refractivity contribution in [3.63, 3.8) is 0 Å². The van der Waals surface area contributed by atoms with Gasteiger partial charge < -0.3 is 14.8 Å². The van der Waals surface area contributed by atoms with Crippen molar-refractivity contribution in [1.82, 2.24) is 5.32 Å². The molecule has 0 amide bonds. The highest BCUT2D eigenvalue weighted by atomic mass is 16.6. The van der Waals surface area contributed by atoms with Crippen LogP contribution in [-0.2, 0) is 16.0 Å². The summed E-state index contributed by atoms with van der Waals surface area (Å²) in [5.74, 6) is 0.473. The van der Waals surface area contributed by atoms with E-state index in [1.807, 2.05) is 19.2 Å². The molecule has 19 heavy (non-hydrogen) atoms. The first kappa shape index (κ1) is 13.9. The number of hydrogen-bond donors (Lipinski definition) is 1. The van der Waals surface area contributed by atoms with Crippen molar-refractivity contribution in [3.8, 4) is 5.75 Å². The van der Waals surface area contributed by atoms with E-state index in [9.17, 15) is 4.79 Å². The number of esters is 1. The summed E-state index contributed by atoms with van der Waals surface area (Å²) >= 11 is 0. The lowest BCUT2D eigenvalue weighted by molar-refractivity contribution is -0.143. The second-order valence-electron chi connectivity index (χ2n) is 4.94. The van der Waals surface area contributed by atoms with Crippen LogP contribution >= 0.6 is 0 Å². The zero-order valence-electron chi connectivity index (χ0n) is 11.5. The molecule has 1 heterocycles. The maximum absolute atomic E-state index is 11.3. The minimum atomic E-state index is -0.435. The summed E-state index contributed by atoms with van der Waals surface area (Å²) in [7, 11) is 1.97. The molecule has 2 atom stereocenters. The first-order valence-electron chi connectivity index (χ1n) is 6.78. The van der Waals surface area contributed by atoms with Gasteiger partial charge in [-0.05, 0) is 44.5 Å². The van der Waals surface area contributed by atoms with Crippen molar-refractivity contribution >= 4 is 5.97 Å². The van der Waals surface area contributed by atoms with Crippen LogP contribution in [0.25, 0.3) is 0 Å². The molecule has 0 radical (unpaired) electrons. The molecule has 0 aliphatic carbocycles. The average Bonchev–Trinajstić information content (AvgIpc) is 2.83. The Balaban J connectivity index is 1.85. The number of cyclic esters (lactones) is 1. The number of carbonyl (C=O) groups excluding carboxylic acids is 1. The molecule has 4 heteroatoms. The zero-order valence-corrected chi connectivity index (χ0v) is 11.5. The van der Waals surface area contributed by atoms with Gasteiger partial charge in [0.25, 0.3) is 0 Å². The van der Waals surface area contributed by atoms with Crippen LogP contribution in [0, 0.1) is 0 Å². The van der Waals surface area contributed by atoms with E-state index in [-0.39, 0.29) is 5.97 Å². The fourth-order valence-electron chi connectivity index (χ4n) is 2.01. The van der Waals surface area contributed by atoms with Crippen LogP contribution in [0.15, 0.2) is 24.3 Å². The molecule has 1 N–H and O–H groups in total. The molecule has 1 saturated heterocycles. The summed E-state index contributed by atoms with van der Waals surface area (Å²) in [5.41, 5.74) is 1.28.